The van der Waals surface area contributed by atoms with Crippen LogP contribution in [0, 0.1) is 0 Å². The van der Waals surface area contributed by atoms with Crippen molar-refractivity contribution in [2.45, 2.75) is 0 Å². The normalized spacial score (nSPS) is 10.5. The Morgan fingerprint density at radius 1 is 1.47 bits per heavy atom. The number of halogens is 1. The second kappa shape index (κ2) is 3.78. The summed E-state index contributed by atoms with van der Waals surface area (Å²) < 4.78 is 4.62. The molecule has 0 saturated carbocycles. The van der Waals surface area contributed by atoms with Crippen molar-refractivity contribution >= 4 is 34.0 Å². The molecule has 15 heavy (non-hydrogen) atoms. The molecule has 2 aromatic rings. The lowest BCUT2D eigenvalue weighted by atomic mass is 10.2. The minimum atomic E-state index is 0.452. The molecule has 1 aromatic carbocycles. The highest BCUT2D eigenvalue weighted by molar-refractivity contribution is 6.29. The van der Waals surface area contributed by atoms with Crippen LogP contribution in [0.15, 0.2) is 28.4 Å². The van der Waals surface area contributed by atoms with Crippen molar-refractivity contribution in [1.29, 1.82) is 0 Å². The van der Waals surface area contributed by atoms with Crippen LogP contribution in [0.2, 0.25) is 0 Å². The predicted octanol–water partition coefficient (Wildman–Crippen LogP) is 1.97. The minimum Gasteiger partial charge on any atom is -0.397 e. The SMILES string of the molecule is C=C(Cl)CNc1ccc(N)c2nonc12. The van der Waals surface area contributed by atoms with E-state index >= 15 is 0 Å². The van der Waals surface area contributed by atoms with Gasteiger partial charge in [-0.3, -0.25) is 0 Å². The van der Waals surface area contributed by atoms with E-state index in [2.05, 4.69) is 26.8 Å². The number of nitrogens with two attached hydrogens (primary N) is 1. The Morgan fingerprint density at radius 3 is 2.93 bits per heavy atom. The van der Waals surface area contributed by atoms with E-state index in [1.807, 2.05) is 0 Å². The smallest absolute Gasteiger partial charge is 0.160 e. The number of nitrogens with zero attached hydrogens (tertiary/aromatic N) is 2. The van der Waals surface area contributed by atoms with Gasteiger partial charge in [-0.1, -0.05) is 18.2 Å². The first-order chi connectivity index (χ1) is 7.18. The number of fused-ring (bicyclic) bond motifs is 1. The maximum atomic E-state index is 5.69. The molecule has 0 atom stereocenters. The van der Waals surface area contributed by atoms with Crippen LogP contribution in [-0.4, -0.2) is 16.9 Å². The average Bonchev–Trinajstić information content (AvgIpc) is 2.66. The van der Waals surface area contributed by atoms with Crippen LogP contribution in [0.1, 0.15) is 0 Å². The largest absolute Gasteiger partial charge is 0.397 e. The van der Waals surface area contributed by atoms with E-state index < -0.39 is 0 Å². The van der Waals surface area contributed by atoms with Gasteiger partial charge in [0.25, 0.3) is 0 Å². The maximum absolute atomic E-state index is 5.69. The van der Waals surface area contributed by atoms with Crippen molar-refractivity contribution in [3.63, 3.8) is 0 Å². The van der Waals surface area contributed by atoms with Gasteiger partial charge in [-0.05, 0) is 22.4 Å². The van der Waals surface area contributed by atoms with Gasteiger partial charge >= 0.3 is 0 Å². The number of anilines is 2. The number of aromatic nitrogens is 2. The van der Waals surface area contributed by atoms with Gasteiger partial charge in [0.1, 0.15) is 0 Å². The molecular formula is C9H9ClN4O. The van der Waals surface area contributed by atoms with Crippen molar-refractivity contribution in [1.82, 2.24) is 10.3 Å². The summed E-state index contributed by atoms with van der Waals surface area (Å²) in [4.78, 5) is 0. The summed E-state index contributed by atoms with van der Waals surface area (Å²) in [5, 5.41) is 11.0. The Labute approximate surface area is 90.8 Å². The molecule has 0 unspecified atom stereocenters. The number of nitrogen functional groups attached to an aromatic ring is 1. The van der Waals surface area contributed by atoms with E-state index in [-0.39, 0.29) is 0 Å². The van der Waals surface area contributed by atoms with Crippen LogP contribution in [0.5, 0.6) is 0 Å². The summed E-state index contributed by atoms with van der Waals surface area (Å²) in [6.07, 6.45) is 0. The summed E-state index contributed by atoms with van der Waals surface area (Å²) in [6.45, 7) is 4.03. The second-order valence-electron chi connectivity index (χ2n) is 3.03. The first-order valence-electron chi connectivity index (χ1n) is 4.26. The van der Waals surface area contributed by atoms with Gasteiger partial charge in [0.15, 0.2) is 11.0 Å². The van der Waals surface area contributed by atoms with Gasteiger partial charge in [-0.2, -0.15) is 0 Å². The van der Waals surface area contributed by atoms with Gasteiger partial charge in [0, 0.05) is 5.03 Å². The molecule has 6 heteroatoms. The fourth-order valence-electron chi connectivity index (χ4n) is 1.22. The molecule has 0 radical (unpaired) electrons. The van der Waals surface area contributed by atoms with Crippen molar-refractivity contribution in [3.8, 4) is 0 Å². The van der Waals surface area contributed by atoms with E-state index in [0.29, 0.717) is 28.3 Å². The van der Waals surface area contributed by atoms with Crippen LogP contribution in [0.4, 0.5) is 11.4 Å². The molecule has 0 aliphatic rings. The van der Waals surface area contributed by atoms with Crippen molar-refractivity contribution < 1.29 is 4.63 Å². The number of nitrogens with one attached hydrogen (secondary N) is 1. The molecule has 3 N–H and O–H groups in total. The lowest BCUT2D eigenvalue weighted by Gasteiger charge is -2.05. The molecular weight excluding hydrogens is 216 g/mol. The number of hydrogen-bond acceptors (Lipinski definition) is 5. The standard InChI is InChI=1S/C9H9ClN4O/c1-5(10)4-12-7-3-2-6(11)8-9(7)14-15-13-8/h2-3,12H,1,4,11H2. The number of hydrogen-bond donors (Lipinski definition) is 2. The summed E-state index contributed by atoms with van der Waals surface area (Å²) in [7, 11) is 0. The predicted molar refractivity (Wildman–Crippen MR) is 59.7 cm³/mol. The lowest BCUT2D eigenvalue weighted by Crippen LogP contribution is -2.01. The van der Waals surface area contributed by atoms with Crippen LogP contribution in [0.3, 0.4) is 0 Å². The Kier molecular flexibility index (Phi) is 2.47. The monoisotopic (exact) mass is 224 g/mol. The molecule has 0 aliphatic carbocycles. The summed E-state index contributed by atoms with van der Waals surface area (Å²) in [5.41, 5.74) is 8.12. The first kappa shape index (κ1) is 9.79. The molecule has 0 aliphatic heterocycles. The average molecular weight is 225 g/mol. The van der Waals surface area contributed by atoms with E-state index in [1.165, 1.54) is 0 Å². The van der Waals surface area contributed by atoms with Gasteiger partial charge in [0.2, 0.25) is 0 Å². The van der Waals surface area contributed by atoms with Crippen molar-refractivity contribution in [3.05, 3.63) is 23.7 Å². The van der Waals surface area contributed by atoms with Gasteiger partial charge in [-0.15, -0.1) is 0 Å². The molecule has 0 fully saturated rings. The third-order valence-corrected chi connectivity index (χ3v) is 2.05. The highest BCUT2D eigenvalue weighted by Gasteiger charge is 2.09. The maximum Gasteiger partial charge on any atom is 0.160 e. The molecule has 1 aromatic heterocycles. The Bertz CT molecular complexity index is 508. The lowest BCUT2D eigenvalue weighted by molar-refractivity contribution is 0.316. The molecule has 78 valence electrons. The summed E-state index contributed by atoms with van der Waals surface area (Å²) in [5.74, 6) is 0. The molecule has 2 rings (SSSR count). The molecule has 5 nitrogen and oxygen atoms in total. The zero-order valence-electron chi connectivity index (χ0n) is 7.83. The Hall–Kier alpha value is -1.75. The number of rotatable bonds is 3. The third kappa shape index (κ3) is 1.87. The molecule has 0 amide bonds. The summed E-state index contributed by atoms with van der Waals surface area (Å²) in [6, 6.07) is 3.52. The Morgan fingerprint density at radius 2 is 2.20 bits per heavy atom. The molecule has 0 spiro atoms. The molecule has 0 bridgehead atoms. The van der Waals surface area contributed by atoms with Gasteiger partial charge in [-0.25, -0.2) is 4.63 Å². The van der Waals surface area contributed by atoms with Crippen LogP contribution >= 0.6 is 11.6 Å². The highest BCUT2D eigenvalue weighted by Crippen LogP contribution is 2.25. The van der Waals surface area contributed by atoms with E-state index in [0.717, 1.165) is 5.69 Å². The minimum absolute atomic E-state index is 0.452. The van der Waals surface area contributed by atoms with Crippen LogP contribution < -0.4 is 11.1 Å². The molecule has 1 heterocycles. The van der Waals surface area contributed by atoms with Crippen molar-refractivity contribution in [2.75, 3.05) is 17.6 Å². The quantitative estimate of drug-likeness (QED) is 0.780. The second-order valence-corrected chi connectivity index (χ2v) is 3.57. The first-order valence-corrected chi connectivity index (χ1v) is 4.64. The zero-order valence-corrected chi connectivity index (χ0v) is 8.58. The topological polar surface area (TPSA) is 77.0 Å². The van der Waals surface area contributed by atoms with Gasteiger partial charge in [0.05, 0.1) is 17.9 Å². The highest BCUT2D eigenvalue weighted by atomic mass is 35.5. The van der Waals surface area contributed by atoms with Crippen LogP contribution in [-0.2, 0) is 0 Å². The fourth-order valence-corrected chi connectivity index (χ4v) is 1.29. The van der Waals surface area contributed by atoms with E-state index in [9.17, 15) is 0 Å². The van der Waals surface area contributed by atoms with Gasteiger partial charge < -0.3 is 11.1 Å². The third-order valence-electron chi connectivity index (χ3n) is 1.92. The Balaban J connectivity index is 2.39. The van der Waals surface area contributed by atoms with E-state index in [1.54, 1.807) is 12.1 Å². The van der Waals surface area contributed by atoms with E-state index in [4.69, 9.17) is 17.3 Å². The summed E-state index contributed by atoms with van der Waals surface area (Å²) >= 11 is 5.64. The number of benzene rings is 1. The fraction of sp³-hybridized carbons (Fsp3) is 0.111. The van der Waals surface area contributed by atoms with Crippen molar-refractivity contribution in [2.24, 2.45) is 0 Å². The zero-order chi connectivity index (χ0) is 10.8. The van der Waals surface area contributed by atoms with Crippen LogP contribution in [0.25, 0.3) is 11.0 Å². The molecule has 0 saturated heterocycles.